The molecule has 0 amide bonds. The van der Waals surface area contributed by atoms with Crippen molar-refractivity contribution in [1.82, 2.24) is 15.1 Å². The zero-order valence-electron chi connectivity index (χ0n) is 16.3. The van der Waals surface area contributed by atoms with Crippen LogP contribution in [0.25, 0.3) is 0 Å². The van der Waals surface area contributed by atoms with Gasteiger partial charge in [-0.25, -0.2) is 0 Å². The van der Waals surface area contributed by atoms with E-state index in [4.69, 9.17) is 4.99 Å². The van der Waals surface area contributed by atoms with Gasteiger partial charge in [-0.3, -0.25) is 9.89 Å². The minimum atomic E-state index is -4.15. The third-order valence-electron chi connectivity index (χ3n) is 5.38. The third-order valence-corrected chi connectivity index (χ3v) is 5.38. The van der Waals surface area contributed by atoms with E-state index in [-0.39, 0.29) is 41.9 Å². The molecule has 2 rings (SSSR count). The average Bonchev–Trinajstić information content (AvgIpc) is 3.19. The summed E-state index contributed by atoms with van der Waals surface area (Å²) >= 11 is 0. The summed E-state index contributed by atoms with van der Waals surface area (Å²) in [6, 6.07) is 0. The van der Waals surface area contributed by atoms with Crippen molar-refractivity contribution in [2.45, 2.75) is 51.8 Å². The number of likely N-dealkylation sites (tertiary alicyclic amines) is 1. The topological polar surface area (TPSA) is 51.1 Å². The number of aliphatic imine (C=N–C) groups is 1. The van der Waals surface area contributed by atoms with Crippen LogP contribution in [0.2, 0.25) is 0 Å². The second kappa shape index (κ2) is 11.6. The molecule has 1 saturated carbocycles. The minimum absolute atomic E-state index is 0. The van der Waals surface area contributed by atoms with Crippen LogP contribution in [0.1, 0.15) is 39.5 Å². The van der Waals surface area contributed by atoms with Crippen molar-refractivity contribution >= 4 is 29.9 Å². The van der Waals surface area contributed by atoms with Crippen LogP contribution in [0.4, 0.5) is 13.2 Å². The number of nitrogens with one attached hydrogen (secondary N) is 1. The zero-order valence-corrected chi connectivity index (χ0v) is 18.7. The van der Waals surface area contributed by atoms with E-state index in [1.165, 1.54) is 4.90 Å². The van der Waals surface area contributed by atoms with Gasteiger partial charge in [0.15, 0.2) is 5.96 Å². The van der Waals surface area contributed by atoms with Crippen LogP contribution < -0.4 is 5.32 Å². The number of hydrogen-bond acceptors (Lipinski definition) is 3. The summed E-state index contributed by atoms with van der Waals surface area (Å²) in [5.41, 5.74) is 0. The van der Waals surface area contributed by atoms with Gasteiger partial charge in [0.25, 0.3) is 0 Å². The Morgan fingerprint density at radius 2 is 2.00 bits per heavy atom. The molecule has 3 unspecified atom stereocenters. The normalized spacial score (nSPS) is 26.6. The Balaban J connectivity index is 0.00000364. The molecule has 160 valence electrons. The molecule has 0 aromatic rings. The van der Waals surface area contributed by atoms with Gasteiger partial charge in [-0.05, 0) is 38.6 Å². The standard InChI is InChI=1S/C18H33F3N4O.HI/c1-3-22-17(23-10-15-6-5-7-16(15)26)25-9-8-14(12-25)11-24(4-2)13-18(19,20)21;/h14-16,26H,3-13H2,1-2H3,(H,22,23);1H. The number of rotatable bonds is 7. The van der Waals surface area contributed by atoms with Crippen LogP contribution in [0.3, 0.4) is 0 Å². The quantitative estimate of drug-likeness (QED) is 0.317. The first-order chi connectivity index (χ1) is 12.3. The predicted molar refractivity (Wildman–Crippen MR) is 113 cm³/mol. The summed E-state index contributed by atoms with van der Waals surface area (Å²) in [6.45, 7) is 6.72. The molecule has 3 atom stereocenters. The fourth-order valence-corrected chi connectivity index (χ4v) is 3.96. The van der Waals surface area contributed by atoms with Gasteiger partial charge in [0.1, 0.15) is 0 Å². The number of alkyl halides is 3. The van der Waals surface area contributed by atoms with Gasteiger partial charge in [-0.15, -0.1) is 24.0 Å². The summed E-state index contributed by atoms with van der Waals surface area (Å²) in [5, 5.41) is 13.2. The lowest BCUT2D eigenvalue weighted by Gasteiger charge is -2.26. The Morgan fingerprint density at radius 1 is 1.26 bits per heavy atom. The summed E-state index contributed by atoms with van der Waals surface area (Å²) < 4.78 is 38.0. The molecule has 0 aromatic heterocycles. The molecular weight excluding hydrogens is 472 g/mol. The van der Waals surface area contributed by atoms with Crippen LogP contribution >= 0.6 is 24.0 Å². The molecule has 0 bridgehead atoms. The maximum atomic E-state index is 12.7. The molecule has 1 aliphatic heterocycles. The molecule has 1 aliphatic carbocycles. The molecule has 5 nitrogen and oxygen atoms in total. The van der Waals surface area contributed by atoms with E-state index < -0.39 is 12.7 Å². The van der Waals surface area contributed by atoms with Gasteiger partial charge < -0.3 is 15.3 Å². The van der Waals surface area contributed by atoms with E-state index in [0.29, 0.717) is 19.6 Å². The number of guanidine groups is 1. The van der Waals surface area contributed by atoms with Crippen molar-refractivity contribution in [3.05, 3.63) is 0 Å². The Labute approximate surface area is 177 Å². The lowest BCUT2D eigenvalue weighted by molar-refractivity contribution is -0.146. The first kappa shape index (κ1) is 24.7. The smallest absolute Gasteiger partial charge is 0.393 e. The maximum Gasteiger partial charge on any atom is 0.401 e. The van der Waals surface area contributed by atoms with Crippen molar-refractivity contribution in [2.24, 2.45) is 16.8 Å². The highest BCUT2D eigenvalue weighted by Gasteiger charge is 2.33. The highest BCUT2D eigenvalue weighted by molar-refractivity contribution is 14.0. The second-order valence-electron chi connectivity index (χ2n) is 7.50. The van der Waals surface area contributed by atoms with E-state index >= 15 is 0 Å². The fourth-order valence-electron chi connectivity index (χ4n) is 3.96. The first-order valence-corrected chi connectivity index (χ1v) is 9.82. The van der Waals surface area contributed by atoms with Crippen LogP contribution in [0.5, 0.6) is 0 Å². The molecular formula is C18H34F3IN4O. The summed E-state index contributed by atoms with van der Waals surface area (Å²) in [6.07, 6.45) is -0.606. The molecule has 27 heavy (non-hydrogen) atoms. The minimum Gasteiger partial charge on any atom is -0.393 e. The van der Waals surface area contributed by atoms with E-state index in [0.717, 1.165) is 51.3 Å². The number of aliphatic hydroxyl groups is 1. The first-order valence-electron chi connectivity index (χ1n) is 9.82. The average molecular weight is 506 g/mol. The van der Waals surface area contributed by atoms with Crippen LogP contribution in [-0.2, 0) is 0 Å². The molecule has 1 saturated heterocycles. The number of nitrogens with zero attached hydrogens (tertiary/aromatic N) is 3. The van der Waals surface area contributed by atoms with Crippen molar-refractivity contribution in [3.63, 3.8) is 0 Å². The van der Waals surface area contributed by atoms with Gasteiger partial charge >= 0.3 is 6.18 Å². The molecule has 0 spiro atoms. The highest BCUT2D eigenvalue weighted by Crippen LogP contribution is 2.26. The van der Waals surface area contributed by atoms with Crippen molar-refractivity contribution < 1.29 is 18.3 Å². The van der Waals surface area contributed by atoms with Crippen molar-refractivity contribution in [1.29, 1.82) is 0 Å². The molecule has 1 heterocycles. The molecule has 2 aliphatic rings. The van der Waals surface area contributed by atoms with Gasteiger partial charge in [-0.2, -0.15) is 13.2 Å². The van der Waals surface area contributed by atoms with E-state index in [2.05, 4.69) is 10.2 Å². The number of aliphatic hydroxyl groups excluding tert-OH is 1. The van der Waals surface area contributed by atoms with E-state index in [1.807, 2.05) is 6.92 Å². The summed E-state index contributed by atoms with van der Waals surface area (Å²) in [5.74, 6) is 1.27. The Kier molecular flexibility index (Phi) is 10.7. The molecule has 0 radical (unpaired) electrons. The monoisotopic (exact) mass is 506 g/mol. The molecule has 9 heteroatoms. The van der Waals surface area contributed by atoms with E-state index in [1.54, 1.807) is 6.92 Å². The van der Waals surface area contributed by atoms with Crippen LogP contribution in [0.15, 0.2) is 4.99 Å². The Bertz CT molecular complexity index is 464. The van der Waals surface area contributed by atoms with Crippen molar-refractivity contribution in [2.75, 3.05) is 45.8 Å². The SMILES string of the molecule is CCNC(=NCC1CCCC1O)N1CCC(CN(CC)CC(F)(F)F)C1.I. The lowest BCUT2D eigenvalue weighted by Crippen LogP contribution is -2.42. The highest BCUT2D eigenvalue weighted by atomic mass is 127. The maximum absolute atomic E-state index is 12.7. The zero-order chi connectivity index (χ0) is 19.2. The molecule has 2 fully saturated rings. The van der Waals surface area contributed by atoms with Gasteiger partial charge in [-0.1, -0.05) is 13.3 Å². The Hall–Kier alpha value is -0.290. The lowest BCUT2D eigenvalue weighted by atomic mass is 10.1. The Morgan fingerprint density at radius 3 is 2.56 bits per heavy atom. The van der Waals surface area contributed by atoms with Gasteiger partial charge in [0, 0.05) is 38.6 Å². The van der Waals surface area contributed by atoms with Gasteiger partial charge in [0.2, 0.25) is 0 Å². The molecule has 2 N–H and O–H groups in total. The van der Waals surface area contributed by atoms with Crippen molar-refractivity contribution in [3.8, 4) is 0 Å². The van der Waals surface area contributed by atoms with Crippen LogP contribution in [0, 0.1) is 11.8 Å². The van der Waals surface area contributed by atoms with E-state index in [9.17, 15) is 18.3 Å². The van der Waals surface area contributed by atoms with Crippen LogP contribution in [-0.4, -0.2) is 79.0 Å². The largest absolute Gasteiger partial charge is 0.401 e. The second-order valence-corrected chi connectivity index (χ2v) is 7.50. The number of hydrogen-bond donors (Lipinski definition) is 2. The number of halogens is 4. The fraction of sp³-hybridized carbons (Fsp3) is 0.944. The predicted octanol–water partition coefficient (Wildman–Crippen LogP) is 2.94. The summed E-state index contributed by atoms with van der Waals surface area (Å²) in [4.78, 5) is 8.33. The third kappa shape index (κ3) is 8.31. The summed E-state index contributed by atoms with van der Waals surface area (Å²) in [7, 11) is 0. The van der Waals surface area contributed by atoms with Gasteiger partial charge in [0.05, 0.1) is 12.6 Å². The molecule has 0 aromatic carbocycles.